The summed E-state index contributed by atoms with van der Waals surface area (Å²) < 4.78 is 11.1. The first-order valence-corrected chi connectivity index (χ1v) is 15.2. The maximum absolute atomic E-state index is 12.2. The van der Waals surface area contributed by atoms with E-state index in [1.165, 1.54) is 44.9 Å². The molecule has 4 rings (SSSR count). The van der Waals surface area contributed by atoms with Gasteiger partial charge in [-0.15, -0.1) is 0 Å². The number of likely N-dealkylation sites (N-methyl/N-ethyl adjacent to an activating group) is 1. The SMILES string of the molecule is CC(C)CCCC(C)C1CCC2C3C=CC4CC(OC(=O)OCCN(C)C)CCC4(C)C3CCC12C. The summed E-state index contributed by atoms with van der Waals surface area (Å²) >= 11 is 0. The third-order valence-electron chi connectivity index (χ3n) is 11.3. The molecule has 36 heavy (non-hydrogen) atoms. The molecule has 4 nitrogen and oxygen atoms in total. The molecule has 9 unspecified atom stereocenters. The highest BCUT2D eigenvalue weighted by atomic mass is 16.7. The zero-order chi connectivity index (χ0) is 26.1. The molecule has 3 fully saturated rings. The zero-order valence-corrected chi connectivity index (χ0v) is 24.4. The number of fused-ring (bicyclic) bond motifs is 5. The summed E-state index contributed by atoms with van der Waals surface area (Å²) in [6.07, 6.45) is 17.6. The fraction of sp³-hybridized carbons (Fsp3) is 0.906. The third kappa shape index (κ3) is 5.69. The van der Waals surface area contributed by atoms with E-state index >= 15 is 0 Å². The normalized spacial score (nSPS) is 40.5. The van der Waals surface area contributed by atoms with Crippen molar-refractivity contribution >= 4 is 6.16 Å². The van der Waals surface area contributed by atoms with Crippen LogP contribution in [0.5, 0.6) is 0 Å². The van der Waals surface area contributed by atoms with Crippen LogP contribution >= 0.6 is 0 Å². The van der Waals surface area contributed by atoms with E-state index < -0.39 is 6.16 Å². The van der Waals surface area contributed by atoms with E-state index in [9.17, 15) is 4.79 Å². The molecule has 3 saturated carbocycles. The molecule has 4 heteroatoms. The highest BCUT2D eigenvalue weighted by Gasteiger charge is 2.59. The van der Waals surface area contributed by atoms with E-state index in [1.54, 1.807) is 0 Å². The van der Waals surface area contributed by atoms with Gasteiger partial charge in [-0.3, -0.25) is 0 Å². The number of carbonyl (C=O) groups excluding carboxylic acids is 1. The first kappa shape index (κ1) is 28.0. The Balaban J connectivity index is 1.37. The van der Waals surface area contributed by atoms with Crippen LogP contribution in [0.15, 0.2) is 12.2 Å². The number of rotatable bonds is 9. The summed E-state index contributed by atoms with van der Waals surface area (Å²) in [7, 11) is 3.96. The van der Waals surface area contributed by atoms with Gasteiger partial charge in [0, 0.05) is 6.54 Å². The summed E-state index contributed by atoms with van der Waals surface area (Å²) in [5, 5.41) is 0. The number of allylic oxidation sites excluding steroid dienone is 2. The Hall–Kier alpha value is -1.03. The monoisotopic (exact) mass is 501 g/mol. The molecule has 0 bridgehead atoms. The molecule has 0 spiro atoms. The molecule has 0 amide bonds. The fourth-order valence-electron chi connectivity index (χ4n) is 9.19. The van der Waals surface area contributed by atoms with Crippen molar-refractivity contribution in [1.82, 2.24) is 4.90 Å². The van der Waals surface area contributed by atoms with Gasteiger partial charge in [0.2, 0.25) is 0 Å². The van der Waals surface area contributed by atoms with E-state index in [-0.39, 0.29) is 6.10 Å². The Morgan fingerprint density at radius 1 is 0.972 bits per heavy atom. The van der Waals surface area contributed by atoms with Crippen molar-refractivity contribution in [3.63, 3.8) is 0 Å². The predicted molar refractivity (Wildman–Crippen MR) is 148 cm³/mol. The van der Waals surface area contributed by atoms with Crippen LogP contribution in [0.4, 0.5) is 4.79 Å². The fourth-order valence-corrected chi connectivity index (χ4v) is 9.19. The lowest BCUT2D eigenvalue weighted by Crippen LogP contribution is -2.52. The Bertz CT molecular complexity index is 777. The van der Waals surface area contributed by atoms with Crippen LogP contribution in [0.1, 0.15) is 98.8 Å². The molecule has 4 aliphatic carbocycles. The molecular weight excluding hydrogens is 446 g/mol. The van der Waals surface area contributed by atoms with Gasteiger partial charge in [-0.1, -0.05) is 66.0 Å². The van der Waals surface area contributed by atoms with Crippen LogP contribution in [0.2, 0.25) is 0 Å². The minimum atomic E-state index is -0.490. The maximum Gasteiger partial charge on any atom is 0.508 e. The van der Waals surface area contributed by atoms with Gasteiger partial charge in [0.1, 0.15) is 12.7 Å². The number of hydrogen-bond acceptors (Lipinski definition) is 4. The predicted octanol–water partition coefficient (Wildman–Crippen LogP) is 7.97. The van der Waals surface area contributed by atoms with Crippen LogP contribution in [-0.4, -0.2) is 44.4 Å². The number of hydrogen-bond donors (Lipinski definition) is 0. The zero-order valence-electron chi connectivity index (χ0n) is 24.4. The standard InChI is InChI=1S/C32H55NO3/c1-22(2)9-8-10-23(3)27-13-14-28-26-12-11-24-21-25(36-30(34)35-20-19-33(6)7)15-17-31(24,4)29(26)16-18-32(27,28)5/h11-12,22-29H,8-10,13-21H2,1-7H3. The number of carbonyl (C=O) groups is 1. The first-order chi connectivity index (χ1) is 17.0. The minimum absolute atomic E-state index is 0.00691. The van der Waals surface area contributed by atoms with E-state index in [4.69, 9.17) is 9.47 Å². The van der Waals surface area contributed by atoms with E-state index in [1.807, 2.05) is 19.0 Å². The second-order valence-electron chi connectivity index (χ2n) is 14.2. The van der Waals surface area contributed by atoms with Crippen LogP contribution in [0, 0.1) is 52.3 Å². The quantitative estimate of drug-likeness (QED) is 0.237. The Morgan fingerprint density at radius 3 is 2.42 bits per heavy atom. The van der Waals surface area contributed by atoms with Gasteiger partial charge in [-0.05, 0) is 111 Å². The average molecular weight is 502 g/mol. The molecule has 0 aromatic carbocycles. The van der Waals surface area contributed by atoms with Gasteiger partial charge >= 0.3 is 6.16 Å². The van der Waals surface area contributed by atoms with Gasteiger partial charge in [-0.2, -0.15) is 0 Å². The molecule has 0 N–H and O–H groups in total. The van der Waals surface area contributed by atoms with Gasteiger partial charge in [0.25, 0.3) is 0 Å². The third-order valence-corrected chi connectivity index (χ3v) is 11.3. The van der Waals surface area contributed by atoms with Crippen LogP contribution in [0.3, 0.4) is 0 Å². The van der Waals surface area contributed by atoms with Crippen LogP contribution < -0.4 is 0 Å². The van der Waals surface area contributed by atoms with E-state index in [0.717, 1.165) is 61.3 Å². The molecule has 206 valence electrons. The summed E-state index contributed by atoms with van der Waals surface area (Å²) in [6, 6.07) is 0. The van der Waals surface area contributed by atoms with Crippen LogP contribution in [-0.2, 0) is 9.47 Å². The highest BCUT2D eigenvalue weighted by Crippen LogP contribution is 2.67. The van der Waals surface area contributed by atoms with Crippen molar-refractivity contribution in [3.8, 4) is 0 Å². The number of ether oxygens (including phenoxy) is 2. The minimum Gasteiger partial charge on any atom is -0.433 e. The topological polar surface area (TPSA) is 38.8 Å². The lowest BCUT2D eigenvalue weighted by Gasteiger charge is -2.59. The summed E-state index contributed by atoms with van der Waals surface area (Å²) in [5.41, 5.74) is 0.860. The van der Waals surface area contributed by atoms with Gasteiger partial charge in [-0.25, -0.2) is 4.79 Å². The Kier molecular flexibility index (Phi) is 8.85. The van der Waals surface area contributed by atoms with Crippen molar-refractivity contribution in [2.45, 2.75) is 105 Å². The van der Waals surface area contributed by atoms with Crippen molar-refractivity contribution in [3.05, 3.63) is 12.2 Å². The summed E-state index contributed by atoms with van der Waals surface area (Å²) in [6.45, 7) is 13.6. The molecular formula is C32H55NO3. The van der Waals surface area contributed by atoms with Crippen molar-refractivity contribution in [2.24, 2.45) is 52.3 Å². The van der Waals surface area contributed by atoms with Gasteiger partial charge < -0.3 is 14.4 Å². The van der Waals surface area contributed by atoms with E-state index in [2.05, 4.69) is 46.8 Å². The Morgan fingerprint density at radius 2 is 1.69 bits per heavy atom. The smallest absolute Gasteiger partial charge is 0.433 e. The van der Waals surface area contributed by atoms with Crippen LogP contribution in [0.25, 0.3) is 0 Å². The molecule has 0 aliphatic heterocycles. The maximum atomic E-state index is 12.2. The average Bonchev–Trinajstić information content (AvgIpc) is 3.16. The van der Waals surface area contributed by atoms with Crippen molar-refractivity contribution in [2.75, 3.05) is 27.2 Å². The Labute approximate surface area is 221 Å². The molecule has 0 radical (unpaired) electrons. The molecule has 9 atom stereocenters. The molecule has 0 heterocycles. The van der Waals surface area contributed by atoms with Crippen molar-refractivity contribution < 1.29 is 14.3 Å². The lowest BCUT2D eigenvalue weighted by molar-refractivity contribution is -0.0880. The second-order valence-corrected chi connectivity index (χ2v) is 14.2. The first-order valence-electron chi connectivity index (χ1n) is 15.2. The highest BCUT2D eigenvalue weighted by molar-refractivity contribution is 5.60. The van der Waals surface area contributed by atoms with Crippen molar-refractivity contribution in [1.29, 1.82) is 0 Å². The molecule has 0 saturated heterocycles. The largest absolute Gasteiger partial charge is 0.508 e. The lowest BCUT2D eigenvalue weighted by atomic mass is 9.46. The summed E-state index contributed by atoms with van der Waals surface area (Å²) in [4.78, 5) is 14.2. The van der Waals surface area contributed by atoms with Gasteiger partial charge in [0.05, 0.1) is 0 Å². The molecule has 0 aromatic rings. The summed E-state index contributed by atoms with van der Waals surface area (Å²) in [5.74, 6) is 5.48. The molecule has 0 aromatic heterocycles. The number of nitrogens with zero attached hydrogens (tertiary/aromatic N) is 1. The molecule has 4 aliphatic rings. The second kappa shape index (κ2) is 11.4. The van der Waals surface area contributed by atoms with Gasteiger partial charge in [0.15, 0.2) is 0 Å². The van der Waals surface area contributed by atoms with E-state index in [0.29, 0.717) is 23.4 Å².